The number of hydrogen-bond donors (Lipinski definition) is 2. The zero-order valence-corrected chi connectivity index (χ0v) is 11.0. The highest BCUT2D eigenvalue weighted by atomic mass is 19.1. The number of carbonyl (C=O) groups is 1. The molecule has 4 heteroatoms. The molecule has 0 aromatic heterocycles. The molecule has 1 fully saturated rings. The second-order valence-electron chi connectivity index (χ2n) is 5.21. The smallest absolute Gasteiger partial charge is 0.337 e. The molecular formula is C15H20FNO2. The third-order valence-electron chi connectivity index (χ3n) is 3.80. The average Bonchev–Trinajstić information content (AvgIpc) is 2.41. The Labute approximate surface area is 112 Å². The first kappa shape index (κ1) is 13.8. The van der Waals surface area contributed by atoms with Gasteiger partial charge in [0.15, 0.2) is 0 Å². The van der Waals surface area contributed by atoms with Crippen molar-refractivity contribution in [2.45, 2.75) is 38.5 Å². The van der Waals surface area contributed by atoms with Crippen LogP contribution in [0.4, 0.5) is 10.1 Å². The quantitative estimate of drug-likeness (QED) is 0.848. The number of anilines is 1. The molecule has 3 nitrogen and oxygen atoms in total. The van der Waals surface area contributed by atoms with Gasteiger partial charge in [-0.1, -0.05) is 32.1 Å². The molecule has 1 aliphatic rings. The number of benzene rings is 1. The van der Waals surface area contributed by atoms with Gasteiger partial charge >= 0.3 is 5.97 Å². The van der Waals surface area contributed by atoms with Crippen molar-refractivity contribution in [3.05, 3.63) is 29.6 Å². The summed E-state index contributed by atoms with van der Waals surface area (Å²) in [5, 5.41) is 12.2. The molecule has 0 saturated heterocycles. The van der Waals surface area contributed by atoms with Crippen LogP contribution in [0.3, 0.4) is 0 Å². The van der Waals surface area contributed by atoms with E-state index in [9.17, 15) is 9.18 Å². The van der Waals surface area contributed by atoms with E-state index in [1.807, 2.05) is 0 Å². The van der Waals surface area contributed by atoms with E-state index in [1.54, 1.807) is 0 Å². The van der Waals surface area contributed by atoms with E-state index in [0.29, 0.717) is 5.69 Å². The standard InChI is InChI=1S/C15H20FNO2/c16-12-6-7-14(13(10-12)15(18)19)17-9-8-11-4-2-1-3-5-11/h6-7,10-11,17H,1-5,8-9H2,(H,18,19). The predicted octanol–water partition coefficient (Wildman–Crippen LogP) is 3.91. The molecule has 19 heavy (non-hydrogen) atoms. The molecule has 0 atom stereocenters. The third kappa shape index (κ3) is 3.94. The maximum Gasteiger partial charge on any atom is 0.337 e. The van der Waals surface area contributed by atoms with Gasteiger partial charge in [-0.25, -0.2) is 9.18 Å². The minimum absolute atomic E-state index is 0.00337. The molecule has 2 N–H and O–H groups in total. The minimum atomic E-state index is -1.10. The second kappa shape index (κ2) is 6.55. The molecular weight excluding hydrogens is 245 g/mol. The van der Waals surface area contributed by atoms with Gasteiger partial charge in [0.25, 0.3) is 0 Å². The number of aromatic carboxylic acids is 1. The molecule has 2 rings (SSSR count). The van der Waals surface area contributed by atoms with E-state index < -0.39 is 11.8 Å². The number of carboxylic acid groups (broad SMARTS) is 1. The van der Waals surface area contributed by atoms with Gasteiger partial charge in [0, 0.05) is 12.2 Å². The van der Waals surface area contributed by atoms with E-state index in [-0.39, 0.29) is 5.56 Å². The summed E-state index contributed by atoms with van der Waals surface area (Å²) in [5.74, 6) is -0.870. The van der Waals surface area contributed by atoms with Crippen molar-refractivity contribution in [1.82, 2.24) is 0 Å². The van der Waals surface area contributed by atoms with Crippen LogP contribution in [0.5, 0.6) is 0 Å². The Morgan fingerprint density at radius 1 is 1.32 bits per heavy atom. The summed E-state index contributed by atoms with van der Waals surface area (Å²) in [4.78, 5) is 11.0. The molecule has 104 valence electrons. The first-order valence-electron chi connectivity index (χ1n) is 6.93. The van der Waals surface area contributed by atoms with Crippen molar-refractivity contribution in [3.8, 4) is 0 Å². The Hall–Kier alpha value is -1.58. The molecule has 0 radical (unpaired) electrons. The summed E-state index contributed by atoms with van der Waals surface area (Å²) in [5.41, 5.74) is 0.508. The van der Waals surface area contributed by atoms with Crippen LogP contribution in [-0.4, -0.2) is 17.6 Å². The minimum Gasteiger partial charge on any atom is -0.478 e. The normalized spacial score (nSPS) is 16.3. The van der Waals surface area contributed by atoms with Crippen molar-refractivity contribution >= 4 is 11.7 Å². The van der Waals surface area contributed by atoms with Gasteiger partial charge in [0.1, 0.15) is 5.82 Å². The van der Waals surface area contributed by atoms with Crippen LogP contribution in [0.1, 0.15) is 48.9 Å². The van der Waals surface area contributed by atoms with Crippen molar-refractivity contribution in [3.63, 3.8) is 0 Å². The Morgan fingerprint density at radius 2 is 2.05 bits per heavy atom. The first-order chi connectivity index (χ1) is 9.16. The molecule has 0 amide bonds. The van der Waals surface area contributed by atoms with E-state index in [1.165, 1.54) is 44.2 Å². The van der Waals surface area contributed by atoms with Crippen LogP contribution in [0.2, 0.25) is 0 Å². The average molecular weight is 265 g/mol. The molecule has 1 saturated carbocycles. The van der Waals surface area contributed by atoms with Crippen LogP contribution in [0.15, 0.2) is 18.2 Å². The molecule has 1 aromatic rings. The van der Waals surface area contributed by atoms with Crippen molar-refractivity contribution in [2.75, 3.05) is 11.9 Å². The lowest BCUT2D eigenvalue weighted by atomic mass is 9.87. The lowest BCUT2D eigenvalue weighted by molar-refractivity contribution is 0.0697. The van der Waals surface area contributed by atoms with Gasteiger partial charge in [-0.2, -0.15) is 0 Å². The number of nitrogens with one attached hydrogen (secondary N) is 1. The van der Waals surface area contributed by atoms with Gasteiger partial charge in [-0.3, -0.25) is 0 Å². The molecule has 0 bridgehead atoms. The highest BCUT2D eigenvalue weighted by molar-refractivity contribution is 5.94. The fourth-order valence-corrected chi connectivity index (χ4v) is 2.73. The maximum atomic E-state index is 13.0. The molecule has 0 unspecified atom stereocenters. The highest BCUT2D eigenvalue weighted by Crippen LogP contribution is 2.26. The topological polar surface area (TPSA) is 49.3 Å². The van der Waals surface area contributed by atoms with E-state index in [2.05, 4.69) is 5.32 Å². The zero-order chi connectivity index (χ0) is 13.7. The summed E-state index contributed by atoms with van der Waals surface area (Å²) < 4.78 is 13.0. The van der Waals surface area contributed by atoms with Crippen LogP contribution in [-0.2, 0) is 0 Å². The van der Waals surface area contributed by atoms with Crippen molar-refractivity contribution < 1.29 is 14.3 Å². The van der Waals surface area contributed by atoms with E-state index in [0.717, 1.165) is 24.9 Å². The van der Waals surface area contributed by atoms with Gasteiger partial charge in [0.05, 0.1) is 5.56 Å². The zero-order valence-electron chi connectivity index (χ0n) is 11.0. The SMILES string of the molecule is O=C(O)c1cc(F)ccc1NCCC1CCCCC1. The molecule has 1 aromatic carbocycles. The van der Waals surface area contributed by atoms with Crippen LogP contribution < -0.4 is 5.32 Å². The van der Waals surface area contributed by atoms with Crippen LogP contribution in [0.25, 0.3) is 0 Å². The second-order valence-corrected chi connectivity index (χ2v) is 5.21. The summed E-state index contributed by atoms with van der Waals surface area (Å²) in [7, 11) is 0. The Kier molecular flexibility index (Phi) is 4.77. The summed E-state index contributed by atoms with van der Waals surface area (Å²) in [6.07, 6.45) is 7.55. The van der Waals surface area contributed by atoms with E-state index in [4.69, 9.17) is 5.11 Å². The fourth-order valence-electron chi connectivity index (χ4n) is 2.73. The lowest BCUT2D eigenvalue weighted by Crippen LogP contribution is -2.13. The number of halogens is 1. The summed E-state index contributed by atoms with van der Waals surface area (Å²) in [6.45, 7) is 0.747. The van der Waals surface area contributed by atoms with Gasteiger partial charge in [0.2, 0.25) is 0 Å². The Balaban J connectivity index is 1.89. The number of rotatable bonds is 5. The first-order valence-corrected chi connectivity index (χ1v) is 6.93. The number of carboxylic acids is 1. The molecule has 0 heterocycles. The van der Waals surface area contributed by atoms with Gasteiger partial charge < -0.3 is 10.4 Å². The van der Waals surface area contributed by atoms with Crippen LogP contribution >= 0.6 is 0 Å². The van der Waals surface area contributed by atoms with Crippen molar-refractivity contribution in [2.24, 2.45) is 5.92 Å². The summed E-state index contributed by atoms with van der Waals surface area (Å²) >= 11 is 0. The predicted molar refractivity (Wildman–Crippen MR) is 73.0 cm³/mol. The molecule has 1 aliphatic carbocycles. The third-order valence-corrected chi connectivity index (χ3v) is 3.80. The molecule has 0 spiro atoms. The van der Waals surface area contributed by atoms with E-state index >= 15 is 0 Å². The fraction of sp³-hybridized carbons (Fsp3) is 0.533. The maximum absolute atomic E-state index is 13.0. The Bertz CT molecular complexity index is 442. The van der Waals surface area contributed by atoms with Gasteiger partial charge in [-0.15, -0.1) is 0 Å². The number of hydrogen-bond acceptors (Lipinski definition) is 2. The molecule has 0 aliphatic heterocycles. The Morgan fingerprint density at radius 3 is 2.74 bits per heavy atom. The largest absolute Gasteiger partial charge is 0.478 e. The lowest BCUT2D eigenvalue weighted by Gasteiger charge is -2.21. The highest BCUT2D eigenvalue weighted by Gasteiger charge is 2.14. The summed E-state index contributed by atoms with van der Waals surface area (Å²) in [6, 6.07) is 3.85. The van der Waals surface area contributed by atoms with Gasteiger partial charge in [-0.05, 0) is 30.5 Å². The van der Waals surface area contributed by atoms with Crippen LogP contribution in [0, 0.1) is 11.7 Å². The van der Waals surface area contributed by atoms with Crippen molar-refractivity contribution in [1.29, 1.82) is 0 Å². The monoisotopic (exact) mass is 265 g/mol.